The monoisotopic (exact) mass is 322 g/mol. The van der Waals surface area contributed by atoms with Crippen LogP contribution in [0.15, 0.2) is 48.2 Å². The fourth-order valence-electron chi connectivity index (χ4n) is 2.48. The molecule has 1 amide bonds. The maximum absolute atomic E-state index is 12.7. The van der Waals surface area contributed by atoms with Crippen LogP contribution in [0.3, 0.4) is 0 Å². The second-order valence-corrected chi connectivity index (χ2v) is 6.19. The van der Waals surface area contributed by atoms with Gasteiger partial charge in [-0.1, -0.05) is 35.9 Å². The molecule has 4 heteroatoms. The van der Waals surface area contributed by atoms with Gasteiger partial charge < -0.3 is 5.32 Å². The Bertz CT molecular complexity index is 822. The fourth-order valence-corrected chi connectivity index (χ4v) is 2.78. The second-order valence-electron chi connectivity index (χ2n) is 5.81. The zero-order chi connectivity index (χ0) is 16.6. The van der Waals surface area contributed by atoms with Crippen LogP contribution in [0.1, 0.15) is 22.3 Å². The van der Waals surface area contributed by atoms with Gasteiger partial charge in [-0.25, -0.2) is 0 Å². The van der Waals surface area contributed by atoms with E-state index < -0.39 is 0 Å². The average molecular weight is 322 g/mol. The molecule has 0 atom stereocenters. The van der Waals surface area contributed by atoms with Gasteiger partial charge in [0.1, 0.15) is 5.70 Å². The van der Waals surface area contributed by atoms with Crippen molar-refractivity contribution >= 4 is 35.0 Å². The highest BCUT2D eigenvalue weighted by molar-refractivity contribution is 7.80. The van der Waals surface area contributed by atoms with Gasteiger partial charge in [-0.05, 0) is 67.9 Å². The second kappa shape index (κ2) is 5.97. The van der Waals surface area contributed by atoms with Crippen molar-refractivity contribution in [3.8, 4) is 0 Å². The van der Waals surface area contributed by atoms with Crippen molar-refractivity contribution in [2.45, 2.75) is 20.8 Å². The first kappa shape index (κ1) is 15.4. The van der Waals surface area contributed by atoms with Crippen molar-refractivity contribution in [3.05, 3.63) is 70.4 Å². The molecule has 1 fully saturated rings. The number of carbonyl (C=O) groups excluding carboxylic acids is 1. The predicted octanol–water partition coefficient (Wildman–Crippen LogP) is 3.87. The van der Waals surface area contributed by atoms with E-state index in [4.69, 9.17) is 12.2 Å². The van der Waals surface area contributed by atoms with Gasteiger partial charge in [0, 0.05) is 0 Å². The van der Waals surface area contributed by atoms with Crippen LogP contribution in [-0.2, 0) is 4.79 Å². The molecule has 0 bridgehead atoms. The molecule has 3 rings (SSSR count). The molecule has 3 nitrogen and oxygen atoms in total. The van der Waals surface area contributed by atoms with Gasteiger partial charge in [0.05, 0.1) is 5.69 Å². The van der Waals surface area contributed by atoms with E-state index in [1.54, 1.807) is 0 Å². The number of nitrogens with zero attached hydrogens (tertiary/aromatic N) is 1. The highest BCUT2D eigenvalue weighted by atomic mass is 32.1. The summed E-state index contributed by atoms with van der Waals surface area (Å²) < 4.78 is 0. The van der Waals surface area contributed by atoms with Crippen LogP contribution in [0.5, 0.6) is 0 Å². The molecule has 1 saturated heterocycles. The smallest absolute Gasteiger partial charge is 0.281 e. The van der Waals surface area contributed by atoms with E-state index >= 15 is 0 Å². The van der Waals surface area contributed by atoms with Crippen LogP contribution in [0, 0.1) is 20.8 Å². The summed E-state index contributed by atoms with van der Waals surface area (Å²) in [4.78, 5) is 14.2. The summed E-state index contributed by atoms with van der Waals surface area (Å²) in [6.45, 7) is 6.14. The number of hydrogen-bond donors (Lipinski definition) is 1. The lowest BCUT2D eigenvalue weighted by molar-refractivity contribution is -0.113. The number of nitrogens with one attached hydrogen (secondary N) is 1. The van der Waals surface area contributed by atoms with E-state index in [-0.39, 0.29) is 5.91 Å². The van der Waals surface area contributed by atoms with Crippen molar-refractivity contribution < 1.29 is 4.79 Å². The lowest BCUT2D eigenvalue weighted by Gasteiger charge is -2.13. The van der Waals surface area contributed by atoms with Gasteiger partial charge in [0.15, 0.2) is 5.11 Å². The summed E-state index contributed by atoms with van der Waals surface area (Å²) >= 11 is 5.33. The van der Waals surface area contributed by atoms with Crippen LogP contribution in [-0.4, -0.2) is 11.0 Å². The normalized spacial score (nSPS) is 16.1. The summed E-state index contributed by atoms with van der Waals surface area (Å²) in [6, 6.07) is 13.9. The molecular formula is C19H18N2OS. The zero-order valence-electron chi connectivity index (χ0n) is 13.4. The van der Waals surface area contributed by atoms with Gasteiger partial charge in [-0.15, -0.1) is 0 Å². The van der Waals surface area contributed by atoms with Gasteiger partial charge >= 0.3 is 0 Å². The summed E-state index contributed by atoms with van der Waals surface area (Å²) in [5, 5.41) is 3.43. The number of benzene rings is 2. The van der Waals surface area contributed by atoms with E-state index in [9.17, 15) is 4.79 Å². The molecule has 1 aliphatic heterocycles. The van der Waals surface area contributed by atoms with Crippen LogP contribution in [0.25, 0.3) is 6.08 Å². The van der Waals surface area contributed by atoms with E-state index in [1.807, 2.05) is 43.3 Å². The Morgan fingerprint density at radius 1 is 1.00 bits per heavy atom. The molecule has 23 heavy (non-hydrogen) atoms. The molecule has 2 aromatic rings. The molecule has 116 valence electrons. The quantitative estimate of drug-likeness (QED) is 0.673. The molecule has 1 heterocycles. The lowest BCUT2D eigenvalue weighted by Crippen LogP contribution is -2.30. The highest BCUT2D eigenvalue weighted by Crippen LogP contribution is 2.23. The number of aryl methyl sites for hydroxylation is 3. The predicted molar refractivity (Wildman–Crippen MR) is 98.3 cm³/mol. The third-order valence-electron chi connectivity index (χ3n) is 4.01. The van der Waals surface area contributed by atoms with Crippen LogP contribution >= 0.6 is 12.2 Å². The molecule has 0 spiro atoms. The van der Waals surface area contributed by atoms with Crippen molar-refractivity contribution in [1.82, 2.24) is 5.32 Å². The Kier molecular flexibility index (Phi) is 4.01. The first-order valence-electron chi connectivity index (χ1n) is 7.47. The Morgan fingerprint density at radius 3 is 2.35 bits per heavy atom. The van der Waals surface area contributed by atoms with E-state index in [0.29, 0.717) is 10.8 Å². The number of rotatable bonds is 2. The third-order valence-corrected chi connectivity index (χ3v) is 4.30. The number of amides is 1. The maximum atomic E-state index is 12.7. The molecular weight excluding hydrogens is 304 g/mol. The number of carbonyl (C=O) groups is 1. The molecule has 1 N–H and O–H groups in total. The Morgan fingerprint density at radius 2 is 1.70 bits per heavy atom. The molecule has 0 radical (unpaired) electrons. The SMILES string of the molecule is Cc1ccc(N2C(=O)/C(=C/c3ccc(C)c(C)c3)NC2=S)cc1. The first-order valence-corrected chi connectivity index (χ1v) is 7.87. The highest BCUT2D eigenvalue weighted by Gasteiger charge is 2.31. The minimum absolute atomic E-state index is 0.128. The minimum Gasteiger partial charge on any atom is -0.327 e. The van der Waals surface area contributed by atoms with Crippen molar-refractivity contribution in [2.24, 2.45) is 0 Å². The Labute approximate surface area is 141 Å². The average Bonchev–Trinajstić information content (AvgIpc) is 2.79. The topological polar surface area (TPSA) is 32.3 Å². The lowest BCUT2D eigenvalue weighted by atomic mass is 10.1. The molecule has 0 saturated carbocycles. The Hall–Kier alpha value is -2.46. The maximum Gasteiger partial charge on any atom is 0.281 e. The van der Waals surface area contributed by atoms with E-state index in [1.165, 1.54) is 16.0 Å². The van der Waals surface area contributed by atoms with Gasteiger partial charge in [0.25, 0.3) is 5.91 Å². The summed E-state index contributed by atoms with van der Waals surface area (Å²) in [5.74, 6) is -0.128. The molecule has 0 aliphatic carbocycles. The zero-order valence-corrected chi connectivity index (χ0v) is 14.2. The standard InChI is InChI=1S/C19H18N2OS/c1-12-4-8-16(9-5-12)21-18(22)17(20-19(21)23)11-15-7-6-13(2)14(3)10-15/h4-11H,1-3H3,(H,20,23)/b17-11-. The van der Waals surface area contributed by atoms with E-state index in [0.717, 1.165) is 16.8 Å². The van der Waals surface area contributed by atoms with Crippen molar-refractivity contribution in [2.75, 3.05) is 4.90 Å². The molecule has 2 aromatic carbocycles. The van der Waals surface area contributed by atoms with Crippen LogP contribution in [0.2, 0.25) is 0 Å². The van der Waals surface area contributed by atoms with Gasteiger partial charge in [-0.3, -0.25) is 9.69 Å². The minimum atomic E-state index is -0.128. The number of hydrogen-bond acceptors (Lipinski definition) is 2. The van der Waals surface area contributed by atoms with Crippen molar-refractivity contribution in [3.63, 3.8) is 0 Å². The first-order chi connectivity index (χ1) is 11.0. The number of anilines is 1. The van der Waals surface area contributed by atoms with E-state index in [2.05, 4.69) is 31.3 Å². The third kappa shape index (κ3) is 3.03. The fraction of sp³-hybridized carbons (Fsp3) is 0.158. The molecule has 1 aliphatic rings. The molecule has 0 unspecified atom stereocenters. The number of thiocarbonyl (C=S) groups is 1. The van der Waals surface area contributed by atoms with Crippen LogP contribution in [0.4, 0.5) is 5.69 Å². The van der Waals surface area contributed by atoms with Crippen LogP contribution < -0.4 is 10.2 Å². The Balaban J connectivity index is 1.92. The molecule has 0 aromatic heterocycles. The van der Waals surface area contributed by atoms with Gasteiger partial charge in [0.2, 0.25) is 0 Å². The summed E-state index contributed by atoms with van der Waals surface area (Å²) in [5.41, 5.74) is 5.83. The van der Waals surface area contributed by atoms with Crippen molar-refractivity contribution in [1.29, 1.82) is 0 Å². The summed E-state index contributed by atoms with van der Waals surface area (Å²) in [7, 11) is 0. The summed E-state index contributed by atoms with van der Waals surface area (Å²) in [6.07, 6.45) is 1.84. The van der Waals surface area contributed by atoms with Gasteiger partial charge in [-0.2, -0.15) is 0 Å². The largest absolute Gasteiger partial charge is 0.327 e.